The van der Waals surface area contributed by atoms with Crippen molar-refractivity contribution < 1.29 is 13.7 Å². The number of hydrogen-bond donors (Lipinski definition) is 1. The van der Waals surface area contributed by atoms with Crippen LogP contribution in [0, 0.1) is 0 Å². The molecular formula is C16H13N3O3. The summed E-state index contributed by atoms with van der Waals surface area (Å²) in [7, 11) is 0. The molecule has 0 bridgehead atoms. The SMILES string of the molecule is O=C(/C=C/c1cccnc1)NCc1cc(-c2ccco2)on1. The van der Waals surface area contributed by atoms with Crippen molar-refractivity contribution in [3.63, 3.8) is 0 Å². The van der Waals surface area contributed by atoms with Crippen LogP contribution < -0.4 is 5.32 Å². The van der Waals surface area contributed by atoms with E-state index >= 15 is 0 Å². The average Bonchev–Trinajstić information content (AvgIpc) is 3.22. The van der Waals surface area contributed by atoms with E-state index in [0.717, 1.165) is 5.56 Å². The molecule has 3 heterocycles. The Bertz CT molecular complexity index is 761. The topological polar surface area (TPSA) is 81.2 Å². The van der Waals surface area contributed by atoms with Gasteiger partial charge < -0.3 is 14.3 Å². The Balaban J connectivity index is 1.54. The van der Waals surface area contributed by atoms with E-state index in [1.54, 1.807) is 42.9 Å². The molecule has 0 aliphatic heterocycles. The van der Waals surface area contributed by atoms with E-state index in [9.17, 15) is 4.79 Å². The normalized spacial score (nSPS) is 10.9. The quantitative estimate of drug-likeness (QED) is 0.732. The first-order chi connectivity index (χ1) is 10.8. The fourth-order valence-electron chi connectivity index (χ4n) is 1.81. The molecule has 0 radical (unpaired) electrons. The second-order valence-electron chi connectivity index (χ2n) is 4.50. The van der Waals surface area contributed by atoms with Crippen molar-refractivity contribution in [2.75, 3.05) is 0 Å². The van der Waals surface area contributed by atoms with Gasteiger partial charge >= 0.3 is 0 Å². The van der Waals surface area contributed by atoms with Crippen LogP contribution in [0.3, 0.4) is 0 Å². The summed E-state index contributed by atoms with van der Waals surface area (Å²) >= 11 is 0. The standard InChI is InChI=1S/C16H13N3O3/c20-16(6-5-12-3-1-7-17-10-12)18-11-13-9-15(22-19-13)14-4-2-8-21-14/h1-10H,11H2,(H,18,20)/b6-5+. The van der Waals surface area contributed by atoms with E-state index in [0.29, 0.717) is 17.2 Å². The molecule has 1 N–H and O–H groups in total. The van der Waals surface area contributed by atoms with Gasteiger partial charge in [0.15, 0.2) is 5.76 Å². The summed E-state index contributed by atoms with van der Waals surface area (Å²) in [6, 6.07) is 8.94. The van der Waals surface area contributed by atoms with Crippen molar-refractivity contribution >= 4 is 12.0 Å². The van der Waals surface area contributed by atoms with E-state index < -0.39 is 0 Å². The Labute approximate surface area is 126 Å². The summed E-state index contributed by atoms with van der Waals surface area (Å²) in [5.74, 6) is 0.910. The zero-order valence-corrected chi connectivity index (χ0v) is 11.6. The van der Waals surface area contributed by atoms with Crippen LogP contribution in [-0.4, -0.2) is 16.0 Å². The first kappa shape index (κ1) is 13.8. The van der Waals surface area contributed by atoms with E-state index in [1.807, 2.05) is 12.1 Å². The maximum absolute atomic E-state index is 11.7. The highest BCUT2D eigenvalue weighted by Crippen LogP contribution is 2.20. The summed E-state index contributed by atoms with van der Waals surface area (Å²) in [4.78, 5) is 15.7. The molecule has 0 unspecified atom stereocenters. The second kappa shape index (κ2) is 6.53. The van der Waals surface area contributed by atoms with Crippen molar-refractivity contribution in [1.29, 1.82) is 0 Å². The molecule has 6 nitrogen and oxygen atoms in total. The van der Waals surface area contributed by atoms with Crippen molar-refractivity contribution in [3.05, 3.63) is 66.3 Å². The molecule has 0 fully saturated rings. The molecule has 0 aromatic carbocycles. The fourth-order valence-corrected chi connectivity index (χ4v) is 1.81. The smallest absolute Gasteiger partial charge is 0.244 e. The largest absolute Gasteiger partial charge is 0.461 e. The molecule has 110 valence electrons. The van der Waals surface area contributed by atoms with Gasteiger partial charge in [0.05, 0.1) is 12.8 Å². The molecule has 0 aliphatic carbocycles. The number of amides is 1. The lowest BCUT2D eigenvalue weighted by atomic mass is 10.2. The van der Waals surface area contributed by atoms with Gasteiger partial charge in [-0.15, -0.1) is 0 Å². The molecule has 6 heteroatoms. The minimum atomic E-state index is -0.216. The first-order valence-corrected chi connectivity index (χ1v) is 6.67. The van der Waals surface area contributed by atoms with Crippen molar-refractivity contribution in [2.45, 2.75) is 6.54 Å². The lowest BCUT2D eigenvalue weighted by Crippen LogP contribution is -2.20. The second-order valence-corrected chi connectivity index (χ2v) is 4.50. The number of furan rings is 1. The molecule has 3 aromatic rings. The predicted octanol–water partition coefficient (Wildman–Crippen LogP) is 2.66. The van der Waals surface area contributed by atoms with Crippen LogP contribution >= 0.6 is 0 Å². The Morgan fingerprint density at radius 2 is 2.23 bits per heavy atom. The van der Waals surface area contributed by atoms with Crippen LogP contribution in [0.4, 0.5) is 0 Å². The Morgan fingerprint density at radius 3 is 3.00 bits per heavy atom. The number of aromatic nitrogens is 2. The molecule has 3 aromatic heterocycles. The zero-order valence-electron chi connectivity index (χ0n) is 11.6. The zero-order chi connectivity index (χ0) is 15.2. The van der Waals surface area contributed by atoms with Crippen molar-refractivity contribution in [3.8, 4) is 11.5 Å². The van der Waals surface area contributed by atoms with Crippen LogP contribution in [0.15, 0.2) is 64.0 Å². The van der Waals surface area contributed by atoms with Crippen LogP contribution in [-0.2, 0) is 11.3 Å². The molecular weight excluding hydrogens is 282 g/mol. The van der Waals surface area contributed by atoms with Gasteiger partial charge in [0.25, 0.3) is 0 Å². The number of nitrogens with one attached hydrogen (secondary N) is 1. The molecule has 0 saturated heterocycles. The van der Waals surface area contributed by atoms with E-state index in [2.05, 4.69) is 15.5 Å². The highest BCUT2D eigenvalue weighted by atomic mass is 16.5. The van der Waals surface area contributed by atoms with Gasteiger partial charge in [0.2, 0.25) is 11.7 Å². The number of carbonyl (C=O) groups excluding carboxylic acids is 1. The third-order valence-electron chi connectivity index (χ3n) is 2.88. The summed E-state index contributed by atoms with van der Waals surface area (Å²) in [6.45, 7) is 0.278. The van der Waals surface area contributed by atoms with Gasteiger partial charge in [-0.05, 0) is 29.8 Å². The maximum atomic E-state index is 11.7. The molecule has 3 rings (SSSR count). The van der Waals surface area contributed by atoms with Crippen LogP contribution in [0.5, 0.6) is 0 Å². The molecule has 0 atom stereocenters. The fraction of sp³-hybridized carbons (Fsp3) is 0.0625. The average molecular weight is 295 g/mol. The predicted molar refractivity (Wildman–Crippen MR) is 79.3 cm³/mol. The van der Waals surface area contributed by atoms with Gasteiger partial charge in [0, 0.05) is 24.5 Å². The highest BCUT2D eigenvalue weighted by molar-refractivity contribution is 5.91. The molecule has 0 spiro atoms. The monoisotopic (exact) mass is 295 g/mol. The molecule has 22 heavy (non-hydrogen) atoms. The first-order valence-electron chi connectivity index (χ1n) is 6.67. The van der Waals surface area contributed by atoms with Crippen LogP contribution in [0.25, 0.3) is 17.6 Å². The number of carbonyl (C=O) groups is 1. The molecule has 1 amide bonds. The van der Waals surface area contributed by atoms with Gasteiger partial charge in [-0.2, -0.15) is 0 Å². The van der Waals surface area contributed by atoms with E-state index in [4.69, 9.17) is 8.94 Å². The van der Waals surface area contributed by atoms with Gasteiger partial charge in [-0.3, -0.25) is 9.78 Å². The van der Waals surface area contributed by atoms with Gasteiger partial charge in [-0.25, -0.2) is 0 Å². The maximum Gasteiger partial charge on any atom is 0.244 e. The van der Waals surface area contributed by atoms with E-state index in [-0.39, 0.29) is 12.5 Å². The third kappa shape index (κ3) is 3.49. The molecule has 0 aliphatic rings. The Morgan fingerprint density at radius 1 is 1.27 bits per heavy atom. The lowest BCUT2D eigenvalue weighted by molar-refractivity contribution is -0.116. The summed E-state index contributed by atoms with van der Waals surface area (Å²) in [5, 5.41) is 6.61. The minimum Gasteiger partial charge on any atom is -0.461 e. The number of pyridine rings is 1. The Kier molecular flexibility index (Phi) is 4.10. The third-order valence-corrected chi connectivity index (χ3v) is 2.88. The summed E-state index contributed by atoms with van der Waals surface area (Å²) < 4.78 is 10.4. The van der Waals surface area contributed by atoms with E-state index in [1.165, 1.54) is 6.08 Å². The van der Waals surface area contributed by atoms with Gasteiger partial charge in [-0.1, -0.05) is 11.2 Å². The summed E-state index contributed by atoms with van der Waals surface area (Å²) in [5.41, 5.74) is 1.48. The van der Waals surface area contributed by atoms with Crippen molar-refractivity contribution in [1.82, 2.24) is 15.5 Å². The van der Waals surface area contributed by atoms with Crippen LogP contribution in [0.1, 0.15) is 11.3 Å². The van der Waals surface area contributed by atoms with Gasteiger partial charge in [0.1, 0.15) is 5.69 Å². The Hall–Kier alpha value is -3.15. The number of nitrogens with zero attached hydrogens (tertiary/aromatic N) is 2. The number of rotatable bonds is 5. The minimum absolute atomic E-state index is 0.216. The molecule has 0 saturated carbocycles. The number of hydrogen-bond acceptors (Lipinski definition) is 5. The van der Waals surface area contributed by atoms with Crippen molar-refractivity contribution in [2.24, 2.45) is 0 Å². The van der Waals surface area contributed by atoms with Crippen LogP contribution in [0.2, 0.25) is 0 Å². The highest BCUT2D eigenvalue weighted by Gasteiger charge is 2.09. The lowest BCUT2D eigenvalue weighted by Gasteiger charge is -1.97. The summed E-state index contributed by atoms with van der Waals surface area (Å²) in [6.07, 6.45) is 8.06.